The van der Waals surface area contributed by atoms with Gasteiger partial charge in [0.15, 0.2) is 0 Å². The van der Waals surface area contributed by atoms with Gasteiger partial charge in [0.1, 0.15) is 5.82 Å². The van der Waals surface area contributed by atoms with Crippen molar-refractivity contribution in [2.24, 2.45) is 0 Å². The largest absolute Gasteiger partial charge is 0.385 e. The molecule has 0 aromatic heterocycles. The molecule has 0 bridgehead atoms. The Kier molecular flexibility index (Phi) is 5.42. The van der Waals surface area contributed by atoms with E-state index < -0.39 is 5.60 Å². The molecular formula is C22H26FNO2. The van der Waals surface area contributed by atoms with E-state index in [-0.39, 0.29) is 17.6 Å². The zero-order valence-electron chi connectivity index (χ0n) is 15.4. The van der Waals surface area contributed by atoms with Gasteiger partial charge in [-0.15, -0.1) is 0 Å². The van der Waals surface area contributed by atoms with Gasteiger partial charge in [-0.25, -0.2) is 4.39 Å². The molecular weight excluding hydrogens is 329 g/mol. The van der Waals surface area contributed by atoms with Gasteiger partial charge in [-0.3, -0.25) is 4.79 Å². The standard InChI is InChI=1S/C22H26FNO2/c1-16-5-3-4-6-20(16)22(26)11-13-24(14-12-22)21(25)15-17(2)18-7-9-19(23)10-8-18/h3-10,17,26H,11-15H2,1-2H3. The predicted octanol–water partition coefficient (Wildman–Crippen LogP) is 4.14. The number of hydrogen-bond donors (Lipinski definition) is 1. The molecule has 0 aliphatic carbocycles. The van der Waals surface area contributed by atoms with E-state index in [1.54, 1.807) is 12.1 Å². The van der Waals surface area contributed by atoms with Gasteiger partial charge >= 0.3 is 0 Å². The van der Waals surface area contributed by atoms with Gasteiger partial charge in [-0.1, -0.05) is 43.3 Å². The minimum Gasteiger partial charge on any atom is -0.385 e. The highest BCUT2D eigenvalue weighted by molar-refractivity contribution is 5.77. The van der Waals surface area contributed by atoms with Crippen LogP contribution in [-0.2, 0) is 10.4 Å². The fourth-order valence-electron chi connectivity index (χ4n) is 3.79. The molecule has 138 valence electrons. The van der Waals surface area contributed by atoms with Gasteiger partial charge < -0.3 is 10.0 Å². The smallest absolute Gasteiger partial charge is 0.223 e. The second-order valence-corrected chi connectivity index (χ2v) is 7.38. The second-order valence-electron chi connectivity index (χ2n) is 7.38. The Labute approximate surface area is 154 Å². The van der Waals surface area contributed by atoms with Crippen molar-refractivity contribution in [3.63, 3.8) is 0 Å². The quantitative estimate of drug-likeness (QED) is 0.895. The average Bonchev–Trinajstić information content (AvgIpc) is 2.63. The topological polar surface area (TPSA) is 40.5 Å². The minimum atomic E-state index is -0.856. The van der Waals surface area contributed by atoms with E-state index in [4.69, 9.17) is 0 Å². The number of aryl methyl sites for hydroxylation is 1. The molecule has 1 atom stereocenters. The average molecular weight is 355 g/mol. The predicted molar refractivity (Wildman–Crippen MR) is 100 cm³/mol. The minimum absolute atomic E-state index is 0.0419. The van der Waals surface area contributed by atoms with Crippen molar-refractivity contribution < 1.29 is 14.3 Å². The molecule has 1 heterocycles. The maximum Gasteiger partial charge on any atom is 0.223 e. The van der Waals surface area contributed by atoms with E-state index in [0.717, 1.165) is 16.7 Å². The van der Waals surface area contributed by atoms with Crippen molar-refractivity contribution in [2.75, 3.05) is 13.1 Å². The maximum atomic E-state index is 13.0. The van der Waals surface area contributed by atoms with Crippen molar-refractivity contribution >= 4 is 5.91 Å². The van der Waals surface area contributed by atoms with Crippen LogP contribution < -0.4 is 0 Å². The van der Waals surface area contributed by atoms with Crippen molar-refractivity contribution in [1.82, 2.24) is 4.90 Å². The Morgan fingerprint density at radius 2 is 1.77 bits per heavy atom. The van der Waals surface area contributed by atoms with Gasteiger partial charge in [-0.2, -0.15) is 0 Å². The summed E-state index contributed by atoms with van der Waals surface area (Å²) < 4.78 is 13.0. The SMILES string of the molecule is Cc1ccccc1C1(O)CCN(C(=O)CC(C)c2ccc(F)cc2)CC1. The molecule has 2 aromatic carbocycles. The number of hydrogen-bond acceptors (Lipinski definition) is 2. The summed E-state index contributed by atoms with van der Waals surface area (Å²) in [5.41, 5.74) is 2.16. The zero-order valence-corrected chi connectivity index (χ0v) is 15.4. The number of carbonyl (C=O) groups is 1. The normalized spacial score (nSPS) is 17.8. The molecule has 1 saturated heterocycles. The molecule has 1 fully saturated rings. The lowest BCUT2D eigenvalue weighted by Crippen LogP contribution is -2.45. The molecule has 0 saturated carbocycles. The molecule has 4 heteroatoms. The molecule has 2 aromatic rings. The molecule has 1 aliphatic heterocycles. The molecule has 0 radical (unpaired) electrons. The molecule has 3 nitrogen and oxygen atoms in total. The van der Waals surface area contributed by atoms with Gasteiger partial charge in [0.25, 0.3) is 0 Å². The highest BCUT2D eigenvalue weighted by Gasteiger charge is 2.36. The van der Waals surface area contributed by atoms with Gasteiger partial charge in [0.2, 0.25) is 5.91 Å². The summed E-state index contributed by atoms with van der Waals surface area (Å²) in [5, 5.41) is 11.0. The van der Waals surface area contributed by atoms with Crippen LogP contribution in [0.2, 0.25) is 0 Å². The number of nitrogens with zero attached hydrogens (tertiary/aromatic N) is 1. The molecule has 1 N–H and O–H groups in total. The maximum absolute atomic E-state index is 13.0. The Bertz CT molecular complexity index is 764. The number of rotatable bonds is 4. The second kappa shape index (κ2) is 7.58. The lowest BCUT2D eigenvalue weighted by molar-refractivity contribution is -0.136. The molecule has 1 amide bonds. The highest BCUT2D eigenvalue weighted by Crippen LogP contribution is 2.35. The third-order valence-corrected chi connectivity index (χ3v) is 5.51. The number of carbonyl (C=O) groups excluding carboxylic acids is 1. The van der Waals surface area contributed by atoms with E-state index in [1.165, 1.54) is 12.1 Å². The van der Waals surface area contributed by atoms with Crippen LogP contribution in [0.3, 0.4) is 0 Å². The highest BCUT2D eigenvalue weighted by atomic mass is 19.1. The Morgan fingerprint density at radius 1 is 1.15 bits per heavy atom. The number of piperidine rings is 1. The summed E-state index contributed by atoms with van der Waals surface area (Å²) in [6.07, 6.45) is 1.50. The van der Waals surface area contributed by atoms with Gasteiger partial charge in [0, 0.05) is 19.5 Å². The first-order valence-corrected chi connectivity index (χ1v) is 9.21. The van der Waals surface area contributed by atoms with Gasteiger partial charge in [0.05, 0.1) is 5.60 Å². The summed E-state index contributed by atoms with van der Waals surface area (Å²) >= 11 is 0. The van der Waals surface area contributed by atoms with Crippen molar-refractivity contribution in [3.8, 4) is 0 Å². The van der Waals surface area contributed by atoms with Crippen LogP contribution >= 0.6 is 0 Å². The van der Waals surface area contributed by atoms with Crippen molar-refractivity contribution in [3.05, 3.63) is 71.0 Å². The molecule has 1 aliphatic rings. The van der Waals surface area contributed by atoms with Crippen LogP contribution in [0.4, 0.5) is 4.39 Å². The zero-order chi connectivity index (χ0) is 18.7. The van der Waals surface area contributed by atoms with Crippen molar-refractivity contribution in [1.29, 1.82) is 0 Å². The third kappa shape index (κ3) is 3.96. The Balaban J connectivity index is 1.60. The summed E-state index contributed by atoms with van der Waals surface area (Å²) in [5.74, 6) is -0.132. The van der Waals surface area contributed by atoms with Crippen LogP contribution in [0.5, 0.6) is 0 Å². The number of halogens is 1. The molecule has 0 spiro atoms. The van der Waals surface area contributed by atoms with E-state index in [2.05, 4.69) is 0 Å². The number of amides is 1. The first-order chi connectivity index (χ1) is 12.4. The summed E-state index contributed by atoms with van der Waals surface area (Å²) in [6.45, 7) is 5.10. The van der Waals surface area contributed by atoms with E-state index >= 15 is 0 Å². The van der Waals surface area contributed by atoms with E-state index in [9.17, 15) is 14.3 Å². The Morgan fingerprint density at radius 3 is 2.38 bits per heavy atom. The number of benzene rings is 2. The fourth-order valence-corrected chi connectivity index (χ4v) is 3.79. The fraction of sp³-hybridized carbons (Fsp3) is 0.409. The number of likely N-dealkylation sites (tertiary alicyclic amines) is 1. The van der Waals surface area contributed by atoms with Crippen LogP contribution in [0.1, 0.15) is 48.8 Å². The third-order valence-electron chi connectivity index (χ3n) is 5.51. The van der Waals surface area contributed by atoms with E-state index in [1.807, 2.05) is 43.0 Å². The van der Waals surface area contributed by atoms with Crippen LogP contribution in [0.15, 0.2) is 48.5 Å². The van der Waals surface area contributed by atoms with Crippen LogP contribution in [0.25, 0.3) is 0 Å². The van der Waals surface area contributed by atoms with Gasteiger partial charge in [-0.05, 0) is 54.5 Å². The van der Waals surface area contributed by atoms with Crippen LogP contribution in [0, 0.1) is 12.7 Å². The molecule has 1 unspecified atom stereocenters. The van der Waals surface area contributed by atoms with Crippen LogP contribution in [-0.4, -0.2) is 29.0 Å². The first-order valence-electron chi connectivity index (χ1n) is 9.21. The molecule has 3 rings (SSSR count). The first kappa shape index (κ1) is 18.6. The van der Waals surface area contributed by atoms with E-state index in [0.29, 0.717) is 32.4 Å². The summed E-state index contributed by atoms with van der Waals surface area (Å²) in [6, 6.07) is 14.2. The Hall–Kier alpha value is -2.20. The lowest BCUT2D eigenvalue weighted by Gasteiger charge is -2.39. The summed E-state index contributed by atoms with van der Waals surface area (Å²) in [7, 11) is 0. The number of aliphatic hydroxyl groups is 1. The molecule has 26 heavy (non-hydrogen) atoms. The van der Waals surface area contributed by atoms with Crippen molar-refractivity contribution in [2.45, 2.75) is 44.6 Å². The monoisotopic (exact) mass is 355 g/mol. The lowest BCUT2D eigenvalue weighted by atomic mass is 9.82. The summed E-state index contributed by atoms with van der Waals surface area (Å²) in [4.78, 5) is 14.5.